The molecule has 15 heavy (non-hydrogen) atoms. The predicted molar refractivity (Wildman–Crippen MR) is 71.7 cm³/mol. The molecule has 3 unspecified atom stereocenters. The third-order valence-electron chi connectivity index (χ3n) is 3.43. The van der Waals surface area contributed by atoms with Crippen molar-refractivity contribution in [3.05, 3.63) is 0 Å². The lowest BCUT2D eigenvalue weighted by Gasteiger charge is -2.38. The molecule has 0 heterocycles. The van der Waals surface area contributed by atoms with Gasteiger partial charge < -0.3 is 4.90 Å². The van der Waals surface area contributed by atoms with Crippen LogP contribution in [0.4, 0.5) is 0 Å². The Kier molecular flexibility index (Phi) is 6.06. The average Bonchev–Trinajstić information content (AvgIpc) is 2.16. The van der Waals surface area contributed by atoms with Gasteiger partial charge in [-0.3, -0.25) is 0 Å². The molecule has 0 aliphatic heterocycles. The second-order valence-corrected chi connectivity index (χ2v) is 5.89. The van der Waals surface area contributed by atoms with Crippen molar-refractivity contribution in [1.29, 1.82) is 0 Å². The summed E-state index contributed by atoms with van der Waals surface area (Å²) in [5.74, 6) is 0.863. The molecule has 90 valence electrons. The largest absolute Gasteiger partial charge is 0.300 e. The number of hydrogen-bond acceptors (Lipinski definition) is 2. The first-order chi connectivity index (χ1) is 7.17. The summed E-state index contributed by atoms with van der Waals surface area (Å²) in [5.41, 5.74) is 0. The minimum atomic E-state index is 0.634. The van der Waals surface area contributed by atoms with Crippen molar-refractivity contribution < 1.29 is 0 Å². The van der Waals surface area contributed by atoms with Gasteiger partial charge in [0.1, 0.15) is 0 Å². The van der Waals surface area contributed by atoms with Crippen LogP contribution in [0.25, 0.3) is 0 Å². The summed E-state index contributed by atoms with van der Waals surface area (Å²) in [6.45, 7) is 9.49. The van der Waals surface area contributed by atoms with Crippen LogP contribution in [0.1, 0.15) is 52.9 Å². The molecule has 1 rings (SSSR count). The highest BCUT2D eigenvalue weighted by atomic mass is 32.1. The van der Waals surface area contributed by atoms with Crippen molar-refractivity contribution in [3.63, 3.8) is 0 Å². The Balaban J connectivity index is 2.49. The summed E-state index contributed by atoms with van der Waals surface area (Å²) in [6, 6.07) is 0.802. The monoisotopic (exact) mass is 229 g/mol. The maximum atomic E-state index is 4.68. The highest BCUT2D eigenvalue weighted by Gasteiger charge is 2.27. The number of thiol groups is 1. The standard InChI is InChI=1S/C13H27NS/c1-4-6-14(7-5-2)12-8-11(3)9-13(15)10-12/h11-13,15H,4-10H2,1-3H3. The Labute approximate surface area is 101 Å². The van der Waals surface area contributed by atoms with Gasteiger partial charge in [0.25, 0.3) is 0 Å². The highest BCUT2D eigenvalue weighted by molar-refractivity contribution is 7.80. The molecule has 0 amide bonds. The van der Waals surface area contributed by atoms with Crippen LogP contribution in [0.5, 0.6) is 0 Å². The van der Waals surface area contributed by atoms with Crippen molar-refractivity contribution in [1.82, 2.24) is 4.90 Å². The summed E-state index contributed by atoms with van der Waals surface area (Å²) >= 11 is 4.68. The third kappa shape index (κ3) is 4.36. The summed E-state index contributed by atoms with van der Waals surface area (Å²) in [6.07, 6.45) is 6.56. The lowest BCUT2D eigenvalue weighted by Crippen LogP contribution is -2.42. The first-order valence-corrected chi connectivity index (χ1v) is 7.11. The SMILES string of the molecule is CCCN(CCC)C1CC(C)CC(S)C1. The van der Waals surface area contributed by atoms with Crippen molar-refractivity contribution in [2.45, 2.75) is 64.2 Å². The second kappa shape index (κ2) is 6.80. The van der Waals surface area contributed by atoms with Crippen LogP contribution in [0, 0.1) is 5.92 Å². The van der Waals surface area contributed by atoms with Crippen molar-refractivity contribution in [2.24, 2.45) is 5.92 Å². The molecule has 1 aliphatic rings. The van der Waals surface area contributed by atoms with Gasteiger partial charge in [-0.15, -0.1) is 0 Å². The van der Waals surface area contributed by atoms with Crippen LogP contribution >= 0.6 is 12.6 Å². The second-order valence-electron chi connectivity index (χ2n) is 5.16. The minimum Gasteiger partial charge on any atom is -0.300 e. The van der Waals surface area contributed by atoms with Crippen LogP contribution in [-0.2, 0) is 0 Å². The molecule has 0 aromatic carbocycles. The first-order valence-electron chi connectivity index (χ1n) is 6.59. The lowest BCUT2D eigenvalue weighted by atomic mass is 9.85. The molecule has 0 N–H and O–H groups in total. The van der Waals surface area contributed by atoms with E-state index in [2.05, 4.69) is 38.3 Å². The Morgan fingerprint density at radius 1 is 1.07 bits per heavy atom. The fourth-order valence-electron chi connectivity index (χ4n) is 2.88. The van der Waals surface area contributed by atoms with Crippen LogP contribution in [0.15, 0.2) is 0 Å². The van der Waals surface area contributed by atoms with E-state index < -0.39 is 0 Å². The Hall–Kier alpha value is 0.310. The first kappa shape index (κ1) is 13.4. The van der Waals surface area contributed by atoms with Gasteiger partial charge in [0.05, 0.1) is 0 Å². The summed E-state index contributed by atoms with van der Waals surface area (Å²) in [4.78, 5) is 2.69. The fourth-order valence-corrected chi connectivity index (χ4v) is 3.48. The molecule has 1 fully saturated rings. The average molecular weight is 229 g/mol. The zero-order chi connectivity index (χ0) is 11.3. The zero-order valence-corrected chi connectivity index (χ0v) is 11.5. The molecule has 2 heteroatoms. The normalized spacial score (nSPS) is 32.2. The molecule has 0 aromatic heterocycles. The van der Waals surface area contributed by atoms with Crippen LogP contribution in [0.2, 0.25) is 0 Å². The lowest BCUT2D eigenvalue weighted by molar-refractivity contribution is 0.137. The van der Waals surface area contributed by atoms with Crippen LogP contribution < -0.4 is 0 Å². The Bertz CT molecular complexity index is 156. The van der Waals surface area contributed by atoms with Gasteiger partial charge >= 0.3 is 0 Å². The zero-order valence-electron chi connectivity index (χ0n) is 10.6. The number of rotatable bonds is 5. The van der Waals surface area contributed by atoms with Gasteiger partial charge in [-0.1, -0.05) is 20.8 Å². The van der Waals surface area contributed by atoms with E-state index in [0.29, 0.717) is 5.25 Å². The number of nitrogens with zero attached hydrogens (tertiary/aromatic N) is 1. The van der Waals surface area contributed by atoms with E-state index in [1.54, 1.807) is 0 Å². The van der Waals surface area contributed by atoms with Gasteiger partial charge in [0.2, 0.25) is 0 Å². The smallest absolute Gasteiger partial charge is 0.0108 e. The van der Waals surface area contributed by atoms with Crippen molar-refractivity contribution in [3.8, 4) is 0 Å². The highest BCUT2D eigenvalue weighted by Crippen LogP contribution is 2.30. The van der Waals surface area contributed by atoms with Gasteiger partial charge in [0.15, 0.2) is 0 Å². The minimum absolute atomic E-state index is 0.634. The molecule has 1 aliphatic carbocycles. The maximum Gasteiger partial charge on any atom is 0.0108 e. The van der Waals surface area contributed by atoms with E-state index in [-0.39, 0.29) is 0 Å². The van der Waals surface area contributed by atoms with E-state index in [1.165, 1.54) is 45.2 Å². The molecule has 0 saturated heterocycles. The third-order valence-corrected chi connectivity index (χ3v) is 3.85. The van der Waals surface area contributed by atoms with Crippen molar-refractivity contribution in [2.75, 3.05) is 13.1 Å². The Morgan fingerprint density at radius 2 is 1.67 bits per heavy atom. The molecule has 3 atom stereocenters. The predicted octanol–water partition coefficient (Wildman–Crippen LogP) is 3.60. The van der Waals surface area contributed by atoms with Gasteiger partial charge in [-0.2, -0.15) is 12.6 Å². The van der Waals surface area contributed by atoms with Crippen LogP contribution in [-0.4, -0.2) is 29.3 Å². The van der Waals surface area contributed by atoms with Gasteiger partial charge in [0, 0.05) is 11.3 Å². The summed E-state index contributed by atoms with van der Waals surface area (Å²) in [7, 11) is 0. The fraction of sp³-hybridized carbons (Fsp3) is 1.00. The van der Waals surface area contributed by atoms with Gasteiger partial charge in [-0.25, -0.2) is 0 Å². The molecule has 1 saturated carbocycles. The van der Waals surface area contributed by atoms with E-state index in [9.17, 15) is 0 Å². The van der Waals surface area contributed by atoms with Gasteiger partial charge in [-0.05, 0) is 51.1 Å². The maximum absolute atomic E-state index is 4.68. The molecular weight excluding hydrogens is 202 g/mol. The molecular formula is C13H27NS. The van der Waals surface area contributed by atoms with Crippen molar-refractivity contribution >= 4 is 12.6 Å². The molecule has 0 radical (unpaired) electrons. The summed E-state index contributed by atoms with van der Waals surface area (Å²) < 4.78 is 0. The number of hydrogen-bond donors (Lipinski definition) is 1. The van der Waals surface area contributed by atoms with Crippen LogP contribution in [0.3, 0.4) is 0 Å². The topological polar surface area (TPSA) is 3.24 Å². The summed E-state index contributed by atoms with van der Waals surface area (Å²) in [5, 5.41) is 0.634. The van der Waals surface area contributed by atoms with E-state index >= 15 is 0 Å². The van der Waals surface area contributed by atoms with E-state index in [4.69, 9.17) is 0 Å². The van der Waals surface area contributed by atoms with E-state index in [0.717, 1.165) is 12.0 Å². The molecule has 0 bridgehead atoms. The Morgan fingerprint density at radius 3 is 2.13 bits per heavy atom. The molecule has 0 aromatic rings. The van der Waals surface area contributed by atoms with E-state index in [1.807, 2.05) is 0 Å². The molecule has 1 nitrogen and oxygen atoms in total. The molecule has 0 spiro atoms. The quantitative estimate of drug-likeness (QED) is 0.705.